The molecule has 1 aliphatic heterocycles. The summed E-state index contributed by atoms with van der Waals surface area (Å²) in [5.41, 5.74) is -0.405. The number of nitrogens with zero attached hydrogens (tertiary/aromatic N) is 1. The summed E-state index contributed by atoms with van der Waals surface area (Å²) in [6, 6.07) is 1.19. The number of carbonyl (C=O) groups excluding carboxylic acids is 4. The van der Waals surface area contributed by atoms with E-state index >= 15 is 0 Å². The van der Waals surface area contributed by atoms with Crippen LogP contribution in [0.25, 0.3) is 0 Å². The number of hydrogen-bond acceptors (Lipinski definition) is 7. The Morgan fingerprint density at radius 1 is 1.24 bits per heavy atom. The lowest BCUT2D eigenvalue weighted by Crippen LogP contribution is -2.48. The van der Waals surface area contributed by atoms with Gasteiger partial charge < -0.3 is 20.7 Å². The number of carbonyl (C=O) groups is 4. The van der Waals surface area contributed by atoms with Gasteiger partial charge in [0.05, 0.1) is 18.7 Å². The summed E-state index contributed by atoms with van der Waals surface area (Å²) in [6.45, 7) is 4.71. The fraction of sp³-hybridized carbons (Fsp3) is 0.435. The Kier molecular flexibility index (Phi) is 10.2. The minimum atomic E-state index is -1.04. The van der Waals surface area contributed by atoms with Crippen LogP contribution in [-0.2, 0) is 25.7 Å². The molecule has 0 saturated carbocycles. The van der Waals surface area contributed by atoms with Crippen LogP contribution in [0.15, 0.2) is 36.1 Å². The number of allylic oxidation sites excluding steroid dienone is 2. The highest BCUT2D eigenvalue weighted by Crippen LogP contribution is 2.12. The van der Waals surface area contributed by atoms with Crippen molar-refractivity contribution in [2.75, 3.05) is 5.75 Å². The third-order valence-corrected chi connectivity index (χ3v) is 5.15. The van der Waals surface area contributed by atoms with Crippen molar-refractivity contribution in [2.24, 2.45) is 5.92 Å². The van der Waals surface area contributed by atoms with E-state index in [1.165, 1.54) is 19.1 Å². The number of esters is 1. The SMILES string of the molecule is C/C=C1\NC(=O)c2ccc(F)c(n2)CNC(=O)CC(/C=C/CCS)OC(=O)[C@H](C(C)C)NC1=O. The highest BCUT2D eigenvalue weighted by Gasteiger charge is 2.30. The summed E-state index contributed by atoms with van der Waals surface area (Å²) >= 11 is 4.13. The molecule has 1 unspecified atom stereocenters. The Morgan fingerprint density at radius 2 is 1.97 bits per heavy atom. The minimum Gasteiger partial charge on any atom is -0.456 e. The van der Waals surface area contributed by atoms with Gasteiger partial charge in [0.2, 0.25) is 5.91 Å². The smallest absolute Gasteiger partial charge is 0.329 e. The Balaban J connectivity index is 2.44. The van der Waals surface area contributed by atoms with Gasteiger partial charge in [-0.05, 0) is 43.2 Å². The maximum Gasteiger partial charge on any atom is 0.329 e. The molecule has 0 saturated heterocycles. The number of hydrogen-bond donors (Lipinski definition) is 4. The predicted molar refractivity (Wildman–Crippen MR) is 126 cm³/mol. The lowest BCUT2D eigenvalue weighted by atomic mass is 10.0. The van der Waals surface area contributed by atoms with E-state index in [1.807, 2.05) is 0 Å². The van der Waals surface area contributed by atoms with Crippen LogP contribution in [-0.4, -0.2) is 46.6 Å². The normalized spacial score (nSPS) is 21.9. The van der Waals surface area contributed by atoms with E-state index in [4.69, 9.17) is 4.74 Å². The quantitative estimate of drug-likeness (QED) is 0.220. The molecule has 3 N–H and O–H groups in total. The lowest BCUT2D eigenvalue weighted by Gasteiger charge is -2.24. The van der Waals surface area contributed by atoms with Crippen LogP contribution in [0.5, 0.6) is 0 Å². The standard InChI is InChI=1S/C23H29FN4O5S/c1-4-16-21(30)28-20(13(2)3)23(32)33-14(7-5-6-10-34)11-19(29)25-12-18-15(24)8-9-17(26-18)22(31)27-16/h4-5,7-9,13-14,20,34H,6,10-12H2,1-3H3,(H,25,29)(H,27,31)(H,28,30)/b7-5+,16-4-/t14?,20-/m0/s1. The van der Waals surface area contributed by atoms with E-state index in [0.717, 1.165) is 6.07 Å². The predicted octanol–water partition coefficient (Wildman–Crippen LogP) is 1.80. The minimum absolute atomic E-state index is 0.109. The summed E-state index contributed by atoms with van der Waals surface area (Å²) in [5.74, 6) is -3.20. The molecule has 1 aliphatic rings. The van der Waals surface area contributed by atoms with E-state index < -0.39 is 41.7 Å². The largest absolute Gasteiger partial charge is 0.456 e. The van der Waals surface area contributed by atoms with Crippen LogP contribution >= 0.6 is 12.6 Å². The van der Waals surface area contributed by atoms with Crippen molar-refractivity contribution >= 4 is 36.3 Å². The average molecular weight is 493 g/mol. The summed E-state index contributed by atoms with van der Waals surface area (Å²) in [5, 5.41) is 7.52. The van der Waals surface area contributed by atoms with Crippen LogP contribution in [0.1, 0.15) is 49.8 Å². The molecule has 2 heterocycles. The first-order chi connectivity index (χ1) is 16.2. The van der Waals surface area contributed by atoms with Crippen LogP contribution < -0.4 is 16.0 Å². The first-order valence-electron chi connectivity index (χ1n) is 10.8. The lowest BCUT2D eigenvalue weighted by molar-refractivity contribution is -0.153. The van der Waals surface area contributed by atoms with Gasteiger partial charge in [0.15, 0.2) is 0 Å². The molecule has 0 radical (unpaired) electrons. The Hall–Kier alpha value is -3.21. The highest BCUT2D eigenvalue weighted by atomic mass is 32.1. The Labute approximate surface area is 203 Å². The zero-order chi connectivity index (χ0) is 25.3. The maximum absolute atomic E-state index is 14.2. The van der Waals surface area contributed by atoms with E-state index in [2.05, 4.69) is 33.6 Å². The molecule has 0 aromatic carbocycles. The fourth-order valence-electron chi connectivity index (χ4n) is 3.03. The monoisotopic (exact) mass is 492 g/mol. The van der Waals surface area contributed by atoms with E-state index in [1.54, 1.807) is 26.0 Å². The molecule has 1 aromatic heterocycles. The van der Waals surface area contributed by atoms with Crippen molar-refractivity contribution < 1.29 is 28.3 Å². The number of cyclic esters (lactones) is 1. The summed E-state index contributed by atoms with van der Waals surface area (Å²) in [7, 11) is 0. The number of pyridine rings is 1. The number of fused-ring (bicyclic) bond motifs is 2. The van der Waals surface area contributed by atoms with Crippen LogP contribution in [0.2, 0.25) is 0 Å². The summed E-state index contributed by atoms with van der Waals surface area (Å²) < 4.78 is 19.7. The van der Waals surface area contributed by atoms with Gasteiger partial charge in [-0.25, -0.2) is 14.2 Å². The highest BCUT2D eigenvalue weighted by molar-refractivity contribution is 7.80. The van der Waals surface area contributed by atoms with Crippen molar-refractivity contribution in [3.63, 3.8) is 0 Å². The van der Waals surface area contributed by atoms with Crippen molar-refractivity contribution in [3.05, 3.63) is 53.3 Å². The van der Waals surface area contributed by atoms with Crippen LogP contribution in [0.3, 0.4) is 0 Å². The van der Waals surface area contributed by atoms with Crippen molar-refractivity contribution in [1.82, 2.24) is 20.9 Å². The molecule has 2 bridgehead atoms. The fourth-order valence-corrected chi connectivity index (χ4v) is 3.18. The zero-order valence-corrected chi connectivity index (χ0v) is 20.2. The number of amides is 3. The number of thiol groups is 1. The van der Waals surface area contributed by atoms with Gasteiger partial charge in [-0.3, -0.25) is 14.4 Å². The van der Waals surface area contributed by atoms with E-state index in [0.29, 0.717) is 12.2 Å². The van der Waals surface area contributed by atoms with Gasteiger partial charge in [0.25, 0.3) is 11.8 Å². The molecular formula is C23H29FN4O5S. The number of aromatic nitrogens is 1. The van der Waals surface area contributed by atoms with Gasteiger partial charge >= 0.3 is 5.97 Å². The molecule has 11 heteroatoms. The zero-order valence-electron chi connectivity index (χ0n) is 19.3. The molecule has 9 nitrogen and oxygen atoms in total. The third kappa shape index (κ3) is 7.68. The van der Waals surface area contributed by atoms with Crippen molar-refractivity contribution in [1.29, 1.82) is 0 Å². The Morgan fingerprint density at radius 3 is 2.62 bits per heavy atom. The van der Waals surface area contributed by atoms with Crippen LogP contribution in [0, 0.1) is 11.7 Å². The number of ether oxygens (including phenoxy) is 1. The molecule has 0 aliphatic carbocycles. The molecule has 2 atom stereocenters. The summed E-state index contributed by atoms with van der Waals surface area (Å²) in [6.07, 6.45) is 4.13. The van der Waals surface area contributed by atoms with Gasteiger partial charge in [0, 0.05) is 0 Å². The molecule has 184 valence electrons. The maximum atomic E-state index is 14.2. The number of rotatable bonds is 4. The molecule has 1 aromatic rings. The Bertz CT molecular complexity index is 996. The first kappa shape index (κ1) is 27.0. The van der Waals surface area contributed by atoms with Crippen molar-refractivity contribution in [3.8, 4) is 0 Å². The van der Waals surface area contributed by atoms with E-state index in [9.17, 15) is 23.6 Å². The summed E-state index contributed by atoms with van der Waals surface area (Å²) in [4.78, 5) is 54.8. The van der Waals surface area contributed by atoms with Gasteiger partial charge in [-0.2, -0.15) is 12.6 Å². The van der Waals surface area contributed by atoms with E-state index in [-0.39, 0.29) is 36.0 Å². The van der Waals surface area contributed by atoms with Gasteiger partial charge in [0.1, 0.15) is 29.4 Å². The second-order valence-corrected chi connectivity index (χ2v) is 8.32. The molecular weight excluding hydrogens is 463 g/mol. The van der Waals surface area contributed by atoms with Crippen LogP contribution in [0.4, 0.5) is 4.39 Å². The topological polar surface area (TPSA) is 126 Å². The molecule has 34 heavy (non-hydrogen) atoms. The third-order valence-electron chi connectivity index (χ3n) is 4.89. The molecule has 2 rings (SSSR count). The second-order valence-electron chi connectivity index (χ2n) is 7.87. The second kappa shape index (κ2) is 12.9. The molecule has 3 amide bonds. The van der Waals surface area contributed by atoms with Gasteiger partial charge in [-0.15, -0.1) is 0 Å². The van der Waals surface area contributed by atoms with Gasteiger partial charge in [-0.1, -0.05) is 26.0 Å². The molecule has 0 spiro atoms. The number of halogens is 1. The average Bonchev–Trinajstić information content (AvgIpc) is 2.79. The first-order valence-corrected chi connectivity index (χ1v) is 11.5. The molecule has 0 fully saturated rings. The van der Waals surface area contributed by atoms with Crippen molar-refractivity contribution in [2.45, 2.75) is 52.3 Å². The number of nitrogens with one attached hydrogen (secondary N) is 3.